The van der Waals surface area contributed by atoms with E-state index < -0.39 is 16.7 Å². The van der Waals surface area contributed by atoms with Crippen molar-refractivity contribution in [2.45, 2.75) is 27.7 Å². The first-order valence-corrected chi connectivity index (χ1v) is 11.4. The minimum Gasteiger partial charge on any atom is -0.318 e. The van der Waals surface area contributed by atoms with Crippen LogP contribution in [-0.2, 0) is 9.59 Å². The average molecular weight is 509 g/mol. The van der Waals surface area contributed by atoms with Gasteiger partial charge in [0.2, 0.25) is 0 Å². The number of hydrogen-bond acceptors (Lipinski definition) is 5. The molecule has 1 aliphatic rings. The van der Waals surface area contributed by atoms with Gasteiger partial charge in [-0.2, -0.15) is 0 Å². The standard InChI is InChI=1S/C25H21ClN4O4S/c1-13-8-9-18(12-22(13)30(33)34)28-14(2)10-17(16(28)4)11-19-23(31)27-25(35)29(24(19)32)21-7-5-6-20(26)15(21)3/h5-12H,1-4H3,(H,27,31,35)/b19-11+. The maximum atomic E-state index is 13.4. The van der Waals surface area contributed by atoms with E-state index in [1.165, 1.54) is 17.0 Å². The van der Waals surface area contributed by atoms with Gasteiger partial charge in [0.25, 0.3) is 17.5 Å². The summed E-state index contributed by atoms with van der Waals surface area (Å²) in [5.74, 6) is -1.17. The highest BCUT2D eigenvalue weighted by Gasteiger charge is 2.35. The largest absolute Gasteiger partial charge is 0.318 e. The van der Waals surface area contributed by atoms with Crippen LogP contribution in [0.5, 0.6) is 0 Å². The van der Waals surface area contributed by atoms with Crippen molar-refractivity contribution in [2.75, 3.05) is 4.90 Å². The van der Waals surface area contributed by atoms with Gasteiger partial charge in [-0.05, 0) is 81.4 Å². The van der Waals surface area contributed by atoms with Gasteiger partial charge in [0.05, 0.1) is 16.3 Å². The number of anilines is 1. The highest BCUT2D eigenvalue weighted by atomic mass is 35.5. The first-order valence-electron chi connectivity index (χ1n) is 10.6. The van der Waals surface area contributed by atoms with Gasteiger partial charge in [-0.15, -0.1) is 0 Å². The summed E-state index contributed by atoms with van der Waals surface area (Å²) < 4.78 is 1.84. The van der Waals surface area contributed by atoms with E-state index in [1.54, 1.807) is 44.2 Å². The molecule has 1 aliphatic heterocycles. The third-order valence-electron chi connectivity index (χ3n) is 6.00. The minimum absolute atomic E-state index is 0.0118. The predicted octanol–water partition coefficient (Wildman–Crippen LogP) is 5.10. The normalized spacial score (nSPS) is 15.1. The zero-order valence-electron chi connectivity index (χ0n) is 19.4. The average Bonchev–Trinajstić information content (AvgIpc) is 3.07. The van der Waals surface area contributed by atoms with E-state index in [2.05, 4.69) is 5.32 Å². The number of nitro groups is 1. The van der Waals surface area contributed by atoms with Crippen molar-refractivity contribution < 1.29 is 14.5 Å². The van der Waals surface area contributed by atoms with Crippen molar-refractivity contribution in [3.63, 3.8) is 0 Å². The SMILES string of the molecule is Cc1ccc(-n2c(C)cc(/C=C3\C(=O)NC(=S)N(c4cccc(Cl)c4C)C3=O)c2C)cc1[N+](=O)[O-]. The Kier molecular flexibility index (Phi) is 6.31. The molecule has 3 aromatic rings. The number of nitrogens with zero attached hydrogens (tertiary/aromatic N) is 3. The number of hydrogen-bond donors (Lipinski definition) is 1. The molecule has 0 bridgehead atoms. The summed E-state index contributed by atoms with van der Waals surface area (Å²) in [4.78, 5) is 38.4. The molecule has 2 aromatic carbocycles. The van der Waals surface area contributed by atoms with E-state index in [-0.39, 0.29) is 16.4 Å². The third kappa shape index (κ3) is 4.24. The molecule has 1 saturated heterocycles. The van der Waals surface area contributed by atoms with Crippen molar-refractivity contribution in [1.82, 2.24) is 9.88 Å². The van der Waals surface area contributed by atoms with E-state index in [9.17, 15) is 19.7 Å². The van der Waals surface area contributed by atoms with Gasteiger partial charge in [-0.1, -0.05) is 23.7 Å². The number of benzene rings is 2. The number of nitro benzene ring substituents is 1. The lowest BCUT2D eigenvalue weighted by Crippen LogP contribution is -2.54. The van der Waals surface area contributed by atoms with Crippen molar-refractivity contribution in [2.24, 2.45) is 0 Å². The molecular weight excluding hydrogens is 488 g/mol. The number of halogens is 1. The van der Waals surface area contributed by atoms with Crippen molar-refractivity contribution in [3.8, 4) is 5.69 Å². The number of rotatable bonds is 4. The Morgan fingerprint density at radius 2 is 1.80 bits per heavy atom. The van der Waals surface area contributed by atoms with Crippen LogP contribution in [0.25, 0.3) is 11.8 Å². The van der Waals surface area contributed by atoms with Gasteiger partial charge >= 0.3 is 0 Å². The lowest BCUT2D eigenvalue weighted by Gasteiger charge is -2.30. The van der Waals surface area contributed by atoms with Crippen LogP contribution < -0.4 is 10.2 Å². The van der Waals surface area contributed by atoms with Gasteiger partial charge in [0, 0.05) is 28.0 Å². The number of thiocarbonyl (C=S) groups is 1. The maximum Gasteiger partial charge on any atom is 0.274 e. The molecule has 35 heavy (non-hydrogen) atoms. The second-order valence-electron chi connectivity index (χ2n) is 8.23. The van der Waals surface area contributed by atoms with Crippen molar-refractivity contribution in [3.05, 3.63) is 91.3 Å². The smallest absolute Gasteiger partial charge is 0.274 e. The molecule has 0 saturated carbocycles. The molecule has 1 aromatic heterocycles. The summed E-state index contributed by atoms with van der Waals surface area (Å²) in [5.41, 5.74) is 4.35. The van der Waals surface area contributed by atoms with Crippen LogP contribution in [0, 0.1) is 37.8 Å². The Labute approximate surface area is 212 Å². The number of nitrogens with one attached hydrogen (secondary N) is 1. The highest BCUT2D eigenvalue weighted by Crippen LogP contribution is 2.31. The summed E-state index contributed by atoms with van der Waals surface area (Å²) in [6, 6.07) is 11.9. The summed E-state index contributed by atoms with van der Waals surface area (Å²) in [7, 11) is 0. The highest BCUT2D eigenvalue weighted by molar-refractivity contribution is 7.80. The Morgan fingerprint density at radius 1 is 1.09 bits per heavy atom. The maximum absolute atomic E-state index is 13.4. The van der Waals surface area contributed by atoms with Crippen LogP contribution in [0.1, 0.15) is 28.1 Å². The fourth-order valence-corrected chi connectivity index (χ4v) is 4.58. The lowest BCUT2D eigenvalue weighted by molar-refractivity contribution is -0.385. The van der Waals surface area contributed by atoms with Gasteiger partial charge in [-0.25, -0.2) is 0 Å². The molecule has 0 unspecified atom stereocenters. The number of aryl methyl sites for hydroxylation is 2. The first-order chi connectivity index (χ1) is 16.5. The van der Waals surface area contributed by atoms with Gasteiger partial charge in [-0.3, -0.25) is 29.9 Å². The van der Waals surface area contributed by atoms with Crippen LogP contribution in [0.4, 0.5) is 11.4 Å². The molecule has 0 spiro atoms. The number of aromatic nitrogens is 1. The summed E-state index contributed by atoms with van der Waals surface area (Å²) >= 11 is 11.5. The second kappa shape index (κ2) is 9.09. The Bertz CT molecular complexity index is 1470. The Balaban J connectivity index is 1.80. The summed E-state index contributed by atoms with van der Waals surface area (Å²) in [6.07, 6.45) is 1.51. The molecule has 4 rings (SSSR count). The molecular formula is C25H21ClN4O4S. The summed E-state index contributed by atoms with van der Waals surface area (Å²) in [6.45, 7) is 7.11. The molecule has 8 nitrogen and oxygen atoms in total. The van der Waals surface area contributed by atoms with E-state index >= 15 is 0 Å². The summed E-state index contributed by atoms with van der Waals surface area (Å²) in [5, 5.41) is 14.4. The molecule has 2 heterocycles. The van der Waals surface area contributed by atoms with Gasteiger partial charge < -0.3 is 4.57 Å². The molecule has 10 heteroatoms. The molecule has 178 valence electrons. The number of carbonyl (C=O) groups excluding carboxylic acids is 2. The fourth-order valence-electron chi connectivity index (χ4n) is 4.13. The lowest BCUT2D eigenvalue weighted by atomic mass is 10.1. The fraction of sp³-hybridized carbons (Fsp3) is 0.160. The van der Waals surface area contributed by atoms with E-state index in [0.29, 0.717) is 38.8 Å². The topological polar surface area (TPSA) is 97.5 Å². The third-order valence-corrected chi connectivity index (χ3v) is 6.69. The number of amides is 2. The Hall–Kier alpha value is -3.82. The van der Waals surface area contributed by atoms with Crippen molar-refractivity contribution in [1.29, 1.82) is 0 Å². The zero-order chi connectivity index (χ0) is 25.6. The molecule has 1 fully saturated rings. The zero-order valence-corrected chi connectivity index (χ0v) is 21.0. The van der Waals surface area contributed by atoms with E-state index in [0.717, 1.165) is 5.69 Å². The molecule has 0 aliphatic carbocycles. The van der Waals surface area contributed by atoms with Crippen LogP contribution in [0.15, 0.2) is 48.0 Å². The van der Waals surface area contributed by atoms with E-state index in [1.807, 2.05) is 24.5 Å². The van der Waals surface area contributed by atoms with Crippen LogP contribution >= 0.6 is 23.8 Å². The second-order valence-corrected chi connectivity index (χ2v) is 9.03. The molecule has 2 amide bonds. The monoisotopic (exact) mass is 508 g/mol. The van der Waals surface area contributed by atoms with Crippen LogP contribution in [-0.4, -0.2) is 26.4 Å². The van der Waals surface area contributed by atoms with Crippen LogP contribution in [0.3, 0.4) is 0 Å². The Morgan fingerprint density at radius 3 is 2.49 bits per heavy atom. The molecule has 0 radical (unpaired) electrons. The first kappa shape index (κ1) is 24.3. The minimum atomic E-state index is -0.605. The quantitative estimate of drug-likeness (QED) is 0.174. The molecule has 1 N–H and O–H groups in total. The van der Waals surface area contributed by atoms with Crippen LogP contribution in [0.2, 0.25) is 5.02 Å². The van der Waals surface area contributed by atoms with Crippen molar-refractivity contribution >= 4 is 58.2 Å². The number of carbonyl (C=O) groups is 2. The van der Waals surface area contributed by atoms with Gasteiger partial charge in [0.15, 0.2) is 5.11 Å². The predicted molar refractivity (Wildman–Crippen MR) is 139 cm³/mol. The van der Waals surface area contributed by atoms with Gasteiger partial charge in [0.1, 0.15) is 5.57 Å². The van der Waals surface area contributed by atoms with E-state index in [4.69, 9.17) is 23.8 Å². The molecule has 0 atom stereocenters.